The van der Waals surface area contributed by atoms with Gasteiger partial charge >= 0.3 is 0 Å². The Kier molecular flexibility index (Phi) is 3.94. The lowest BCUT2D eigenvalue weighted by molar-refractivity contribution is -0.135. The summed E-state index contributed by atoms with van der Waals surface area (Å²) in [5, 5.41) is 4.16. The second kappa shape index (κ2) is 5.91. The first-order valence-electron chi connectivity index (χ1n) is 7.91. The van der Waals surface area contributed by atoms with E-state index in [9.17, 15) is 9.59 Å². The maximum atomic E-state index is 12.6. The van der Waals surface area contributed by atoms with Crippen LogP contribution in [0.5, 0.6) is 0 Å². The molecule has 120 valence electrons. The number of aromatic nitrogens is 1. The van der Waals surface area contributed by atoms with Crippen molar-refractivity contribution in [2.24, 2.45) is 7.05 Å². The van der Waals surface area contributed by atoms with Gasteiger partial charge < -0.3 is 9.88 Å². The van der Waals surface area contributed by atoms with Crippen LogP contribution in [-0.2, 0) is 16.6 Å². The van der Waals surface area contributed by atoms with Crippen molar-refractivity contribution in [1.82, 2.24) is 14.8 Å². The van der Waals surface area contributed by atoms with Crippen molar-refractivity contribution in [3.63, 3.8) is 0 Å². The molecule has 0 aliphatic carbocycles. The summed E-state index contributed by atoms with van der Waals surface area (Å²) in [6.07, 6.45) is 3.91. The zero-order chi connectivity index (χ0) is 16.6. The number of amides is 2. The molecule has 0 saturated carbocycles. The van der Waals surface area contributed by atoms with Crippen LogP contribution in [0, 0.1) is 0 Å². The summed E-state index contributed by atoms with van der Waals surface area (Å²) in [5.41, 5.74) is 2.75. The van der Waals surface area contributed by atoms with Gasteiger partial charge in [-0.3, -0.25) is 14.5 Å². The van der Waals surface area contributed by atoms with Gasteiger partial charge in [-0.15, -0.1) is 0 Å². The molecule has 0 fully saturated rings. The number of nitrogens with zero attached hydrogens (tertiary/aromatic N) is 2. The number of benzene rings is 1. The Labute approximate surface area is 135 Å². The van der Waals surface area contributed by atoms with Gasteiger partial charge in [0, 0.05) is 43.3 Å². The largest absolute Gasteiger partial charge is 0.380 e. The number of para-hydroxylation sites is 1. The number of carbonyl (C=O) groups is 2. The van der Waals surface area contributed by atoms with E-state index in [4.69, 9.17) is 0 Å². The third-order valence-corrected chi connectivity index (χ3v) is 4.29. The van der Waals surface area contributed by atoms with Gasteiger partial charge in [0.25, 0.3) is 11.8 Å². The van der Waals surface area contributed by atoms with E-state index >= 15 is 0 Å². The van der Waals surface area contributed by atoms with Gasteiger partial charge in [-0.25, -0.2) is 0 Å². The van der Waals surface area contributed by atoms with E-state index in [0.717, 1.165) is 29.3 Å². The second-order valence-corrected chi connectivity index (χ2v) is 5.87. The molecule has 2 heterocycles. The fourth-order valence-corrected chi connectivity index (χ4v) is 2.99. The quantitative estimate of drug-likeness (QED) is 0.681. The van der Waals surface area contributed by atoms with Gasteiger partial charge in [-0.05, 0) is 12.5 Å². The molecule has 0 saturated heterocycles. The van der Waals surface area contributed by atoms with E-state index in [-0.39, 0.29) is 11.8 Å². The monoisotopic (exact) mass is 311 g/mol. The summed E-state index contributed by atoms with van der Waals surface area (Å²) in [5.74, 6) is -0.501. The molecule has 0 atom stereocenters. The fraction of sp³-hybridized carbons (Fsp3) is 0.333. The maximum Gasteiger partial charge on any atom is 0.277 e. The average Bonchev–Trinajstić information content (AvgIpc) is 2.99. The lowest BCUT2D eigenvalue weighted by atomic mass is 10.0. The van der Waals surface area contributed by atoms with Gasteiger partial charge in [0.15, 0.2) is 0 Å². The summed E-state index contributed by atoms with van der Waals surface area (Å²) in [6.45, 7) is 2.78. The molecule has 1 aromatic heterocycles. The molecule has 0 radical (unpaired) electrons. The molecular weight excluding hydrogens is 290 g/mol. The molecule has 5 nitrogen and oxygen atoms in total. The van der Waals surface area contributed by atoms with Crippen LogP contribution in [0.15, 0.2) is 36.2 Å². The van der Waals surface area contributed by atoms with E-state index in [1.54, 1.807) is 0 Å². The summed E-state index contributed by atoms with van der Waals surface area (Å²) in [4.78, 5) is 26.2. The molecule has 5 heteroatoms. The average molecular weight is 311 g/mol. The number of carbonyl (C=O) groups excluding carboxylic acids is 2. The first-order valence-corrected chi connectivity index (χ1v) is 7.91. The summed E-state index contributed by atoms with van der Waals surface area (Å²) in [7, 11) is 3.48. The van der Waals surface area contributed by atoms with E-state index < -0.39 is 0 Å². The van der Waals surface area contributed by atoms with Crippen molar-refractivity contribution in [3.05, 3.63) is 41.7 Å². The first-order chi connectivity index (χ1) is 11.1. The summed E-state index contributed by atoms with van der Waals surface area (Å²) >= 11 is 0. The minimum absolute atomic E-state index is 0.245. The number of hydrogen-bond donors (Lipinski definition) is 1. The predicted octanol–water partition coefficient (Wildman–Crippen LogP) is 2.28. The lowest BCUT2D eigenvalue weighted by Gasteiger charge is -2.07. The smallest absolute Gasteiger partial charge is 0.277 e. The highest BCUT2D eigenvalue weighted by molar-refractivity contribution is 6.36. The summed E-state index contributed by atoms with van der Waals surface area (Å²) in [6, 6.07) is 7.90. The topological polar surface area (TPSA) is 54.3 Å². The minimum Gasteiger partial charge on any atom is -0.380 e. The Balaban J connectivity index is 2.15. The van der Waals surface area contributed by atoms with Crippen molar-refractivity contribution in [1.29, 1.82) is 0 Å². The molecule has 1 aromatic carbocycles. The van der Waals surface area contributed by atoms with Crippen molar-refractivity contribution in [3.8, 4) is 0 Å². The zero-order valence-electron chi connectivity index (χ0n) is 13.7. The van der Waals surface area contributed by atoms with Crippen molar-refractivity contribution >= 4 is 28.3 Å². The third-order valence-electron chi connectivity index (χ3n) is 4.29. The third kappa shape index (κ3) is 2.42. The second-order valence-electron chi connectivity index (χ2n) is 5.87. The highest BCUT2D eigenvalue weighted by Crippen LogP contribution is 2.33. The van der Waals surface area contributed by atoms with Crippen LogP contribution in [0.2, 0.25) is 0 Å². The standard InChI is InChI=1S/C18H21N3O2/c1-4-5-10-19-16-15(17(22)21(3)18(16)23)13-11-20(2)14-9-7-6-8-12(13)14/h6-9,11,19H,4-5,10H2,1-3H3. The fourth-order valence-electron chi connectivity index (χ4n) is 2.99. The highest BCUT2D eigenvalue weighted by Gasteiger charge is 2.37. The Hall–Kier alpha value is -2.56. The van der Waals surface area contributed by atoms with Gasteiger partial charge in [0.1, 0.15) is 5.70 Å². The number of unbranched alkanes of at least 4 members (excludes halogenated alkanes) is 1. The van der Waals surface area contributed by atoms with E-state index in [2.05, 4.69) is 12.2 Å². The molecule has 1 aliphatic rings. The van der Waals surface area contributed by atoms with E-state index in [1.807, 2.05) is 42.1 Å². The molecule has 0 unspecified atom stereocenters. The number of rotatable bonds is 5. The van der Waals surface area contributed by atoms with Crippen LogP contribution in [0.3, 0.4) is 0 Å². The van der Waals surface area contributed by atoms with Gasteiger partial charge in [0.2, 0.25) is 0 Å². The van der Waals surface area contributed by atoms with Gasteiger partial charge in [0.05, 0.1) is 5.57 Å². The normalized spacial score (nSPS) is 15.2. The van der Waals surface area contributed by atoms with Crippen molar-refractivity contribution < 1.29 is 9.59 Å². The molecule has 0 bridgehead atoms. The predicted molar refractivity (Wildman–Crippen MR) is 90.5 cm³/mol. The van der Waals surface area contributed by atoms with Gasteiger partial charge in [-0.2, -0.15) is 0 Å². The Bertz CT molecular complexity index is 817. The minimum atomic E-state index is -0.256. The highest BCUT2D eigenvalue weighted by atomic mass is 16.2. The zero-order valence-corrected chi connectivity index (χ0v) is 13.7. The van der Waals surface area contributed by atoms with Crippen molar-refractivity contribution in [2.45, 2.75) is 19.8 Å². The Morgan fingerprint density at radius 1 is 1.09 bits per heavy atom. The molecule has 23 heavy (non-hydrogen) atoms. The molecular formula is C18H21N3O2. The number of aryl methyl sites for hydroxylation is 1. The number of fused-ring (bicyclic) bond motifs is 1. The van der Waals surface area contributed by atoms with Crippen LogP contribution in [0.1, 0.15) is 25.3 Å². The van der Waals surface area contributed by atoms with E-state index in [1.165, 1.54) is 11.9 Å². The van der Waals surface area contributed by atoms with Gasteiger partial charge in [-0.1, -0.05) is 31.5 Å². The Morgan fingerprint density at radius 3 is 2.57 bits per heavy atom. The van der Waals surface area contributed by atoms with Crippen LogP contribution >= 0.6 is 0 Å². The van der Waals surface area contributed by atoms with Crippen LogP contribution in [0.25, 0.3) is 16.5 Å². The SMILES string of the molecule is CCCCNC1=C(c2cn(C)c3ccccc23)C(=O)N(C)C1=O. The summed E-state index contributed by atoms with van der Waals surface area (Å²) < 4.78 is 1.98. The number of likely N-dealkylation sites (N-methyl/N-ethyl adjacent to an activating group) is 1. The molecule has 0 spiro atoms. The molecule has 2 aromatic rings. The van der Waals surface area contributed by atoms with Crippen LogP contribution < -0.4 is 5.32 Å². The number of imide groups is 1. The molecule has 3 rings (SSSR count). The Morgan fingerprint density at radius 2 is 1.83 bits per heavy atom. The lowest BCUT2D eigenvalue weighted by Crippen LogP contribution is -2.30. The molecule has 1 aliphatic heterocycles. The number of nitrogens with one attached hydrogen (secondary N) is 1. The van der Waals surface area contributed by atoms with Crippen molar-refractivity contribution in [2.75, 3.05) is 13.6 Å². The first kappa shape index (κ1) is 15.3. The van der Waals surface area contributed by atoms with Crippen LogP contribution in [-0.4, -0.2) is 34.9 Å². The molecule has 2 amide bonds. The van der Waals surface area contributed by atoms with Crippen LogP contribution in [0.4, 0.5) is 0 Å². The maximum absolute atomic E-state index is 12.6. The molecule has 1 N–H and O–H groups in total. The number of hydrogen-bond acceptors (Lipinski definition) is 3. The van der Waals surface area contributed by atoms with E-state index in [0.29, 0.717) is 17.8 Å².